The highest BCUT2D eigenvalue weighted by atomic mass is 16.2. The third kappa shape index (κ3) is 4.47. The lowest BCUT2D eigenvalue weighted by Crippen LogP contribution is -2.46. The Morgan fingerprint density at radius 3 is 2.68 bits per heavy atom. The van der Waals surface area contributed by atoms with E-state index < -0.39 is 5.41 Å². The van der Waals surface area contributed by atoms with Crippen LogP contribution < -0.4 is 16.2 Å². The van der Waals surface area contributed by atoms with Crippen molar-refractivity contribution in [2.75, 3.05) is 31.5 Å². The van der Waals surface area contributed by atoms with Crippen LogP contribution >= 0.6 is 0 Å². The summed E-state index contributed by atoms with van der Waals surface area (Å²) >= 11 is 0. The zero-order valence-electron chi connectivity index (χ0n) is 19.8. The maximum Gasteiger partial charge on any atom is 0.295 e. The van der Waals surface area contributed by atoms with Crippen molar-refractivity contribution in [1.29, 1.82) is 5.26 Å². The number of nitrogens with zero attached hydrogens (tertiary/aromatic N) is 6. The third-order valence-electron chi connectivity index (χ3n) is 6.16. The predicted molar refractivity (Wildman–Crippen MR) is 128 cm³/mol. The molecule has 0 bridgehead atoms. The van der Waals surface area contributed by atoms with E-state index in [0.29, 0.717) is 24.3 Å². The number of aromatic nitrogens is 4. The molecule has 10 nitrogen and oxygen atoms in total. The molecule has 1 fully saturated rings. The summed E-state index contributed by atoms with van der Waals surface area (Å²) in [4.78, 5) is 27.3. The van der Waals surface area contributed by atoms with Gasteiger partial charge in [-0.3, -0.25) is 9.59 Å². The molecule has 176 valence electrons. The van der Waals surface area contributed by atoms with E-state index in [-0.39, 0.29) is 28.7 Å². The van der Waals surface area contributed by atoms with E-state index in [1.54, 1.807) is 18.0 Å². The zero-order valence-corrected chi connectivity index (χ0v) is 19.8. The SMILES string of the molecule is C[C@@H](Nc1nn(C)c(=O)c2nnc(C(=O)N3CCNCC3)cc12)c1cccc(C(C)(C)C#N)c1. The number of hydrogen-bond donors (Lipinski definition) is 2. The van der Waals surface area contributed by atoms with Crippen molar-refractivity contribution >= 4 is 22.6 Å². The van der Waals surface area contributed by atoms with Gasteiger partial charge in [-0.1, -0.05) is 24.3 Å². The molecule has 1 aliphatic heterocycles. The fourth-order valence-electron chi connectivity index (χ4n) is 3.92. The molecule has 1 amide bonds. The van der Waals surface area contributed by atoms with Gasteiger partial charge in [0, 0.05) is 33.2 Å². The van der Waals surface area contributed by atoms with Crippen LogP contribution in [0.3, 0.4) is 0 Å². The molecular weight excluding hydrogens is 432 g/mol. The lowest BCUT2D eigenvalue weighted by molar-refractivity contribution is 0.0729. The first-order chi connectivity index (χ1) is 16.2. The highest BCUT2D eigenvalue weighted by molar-refractivity contribution is 5.97. The van der Waals surface area contributed by atoms with Gasteiger partial charge in [-0.2, -0.15) is 10.4 Å². The van der Waals surface area contributed by atoms with E-state index >= 15 is 0 Å². The Hall–Kier alpha value is -3.84. The van der Waals surface area contributed by atoms with Gasteiger partial charge in [-0.05, 0) is 38.0 Å². The molecule has 0 aliphatic carbocycles. The second-order valence-corrected chi connectivity index (χ2v) is 9.04. The number of rotatable bonds is 5. The van der Waals surface area contributed by atoms with Crippen molar-refractivity contribution in [2.45, 2.75) is 32.2 Å². The van der Waals surface area contributed by atoms with Gasteiger partial charge in [0.2, 0.25) is 0 Å². The monoisotopic (exact) mass is 460 g/mol. The van der Waals surface area contributed by atoms with Gasteiger partial charge in [-0.25, -0.2) is 4.68 Å². The Bertz CT molecular complexity index is 1340. The highest BCUT2D eigenvalue weighted by Crippen LogP contribution is 2.28. The molecule has 3 aromatic rings. The van der Waals surface area contributed by atoms with Gasteiger partial charge >= 0.3 is 0 Å². The van der Waals surface area contributed by atoms with Crippen LogP contribution in [-0.4, -0.2) is 57.0 Å². The van der Waals surface area contributed by atoms with E-state index in [9.17, 15) is 14.9 Å². The molecule has 34 heavy (non-hydrogen) atoms. The molecule has 1 saturated heterocycles. The van der Waals surface area contributed by atoms with Crippen LogP contribution in [0.2, 0.25) is 0 Å². The summed E-state index contributed by atoms with van der Waals surface area (Å²) < 4.78 is 1.21. The van der Waals surface area contributed by atoms with Gasteiger partial charge in [0.05, 0.1) is 22.9 Å². The predicted octanol–water partition coefficient (Wildman–Crippen LogP) is 1.74. The largest absolute Gasteiger partial charge is 0.362 e. The molecule has 1 aromatic carbocycles. The lowest BCUT2D eigenvalue weighted by atomic mass is 9.85. The Morgan fingerprint density at radius 2 is 1.97 bits per heavy atom. The number of carbonyl (C=O) groups excluding carboxylic acids is 1. The van der Waals surface area contributed by atoms with E-state index in [0.717, 1.165) is 24.2 Å². The fraction of sp³-hybridized carbons (Fsp3) is 0.417. The molecule has 10 heteroatoms. The minimum Gasteiger partial charge on any atom is -0.362 e. The van der Waals surface area contributed by atoms with Crippen molar-refractivity contribution in [3.63, 3.8) is 0 Å². The summed E-state index contributed by atoms with van der Waals surface area (Å²) in [6.07, 6.45) is 0. The number of piperazine rings is 1. The molecule has 4 rings (SSSR count). The smallest absolute Gasteiger partial charge is 0.295 e. The second-order valence-electron chi connectivity index (χ2n) is 9.04. The van der Waals surface area contributed by atoms with Gasteiger partial charge in [0.1, 0.15) is 0 Å². The molecule has 0 unspecified atom stereocenters. The number of carbonyl (C=O) groups is 1. The molecular formula is C24H28N8O2. The topological polar surface area (TPSA) is 129 Å². The molecule has 3 heterocycles. The number of hydrogen-bond acceptors (Lipinski definition) is 8. The standard InChI is InChI=1S/C24H28N8O2/c1-15(16-6-5-7-17(12-16)24(2,3)14-25)27-21-18-13-19(22(33)32-10-8-26-9-11-32)28-29-20(18)23(34)31(4)30-21/h5-7,12-13,15,26H,8-11H2,1-4H3,(H,27,30)/t15-/m1/s1. The molecule has 0 saturated carbocycles. The summed E-state index contributed by atoms with van der Waals surface area (Å²) in [5, 5.41) is 29.1. The summed E-state index contributed by atoms with van der Waals surface area (Å²) in [7, 11) is 1.55. The van der Waals surface area contributed by atoms with Gasteiger partial charge in [-0.15, -0.1) is 10.2 Å². The molecule has 0 spiro atoms. The van der Waals surface area contributed by atoms with Crippen molar-refractivity contribution in [2.24, 2.45) is 7.05 Å². The average molecular weight is 461 g/mol. The van der Waals surface area contributed by atoms with Crippen molar-refractivity contribution < 1.29 is 4.79 Å². The van der Waals surface area contributed by atoms with E-state index in [1.807, 2.05) is 45.0 Å². The quantitative estimate of drug-likeness (QED) is 0.589. The van der Waals surface area contributed by atoms with Crippen LogP contribution in [0, 0.1) is 11.3 Å². The third-order valence-corrected chi connectivity index (χ3v) is 6.16. The zero-order chi connectivity index (χ0) is 24.5. The van der Waals surface area contributed by atoms with Gasteiger partial charge in [0.25, 0.3) is 11.5 Å². The van der Waals surface area contributed by atoms with Crippen molar-refractivity contribution in [3.8, 4) is 6.07 Å². The van der Waals surface area contributed by atoms with Crippen LogP contribution in [0.4, 0.5) is 5.82 Å². The number of aryl methyl sites for hydroxylation is 1. The van der Waals surface area contributed by atoms with Crippen molar-refractivity contribution in [1.82, 2.24) is 30.2 Å². The maximum absolute atomic E-state index is 13.0. The summed E-state index contributed by atoms with van der Waals surface area (Å²) in [5.74, 6) is 0.209. The Morgan fingerprint density at radius 1 is 1.24 bits per heavy atom. The lowest BCUT2D eigenvalue weighted by Gasteiger charge is -2.27. The maximum atomic E-state index is 13.0. The minimum atomic E-state index is -0.619. The molecule has 1 atom stereocenters. The van der Waals surface area contributed by atoms with E-state index in [1.165, 1.54) is 4.68 Å². The number of amides is 1. The molecule has 1 aliphatic rings. The summed E-state index contributed by atoms with van der Waals surface area (Å²) in [6.45, 7) is 8.35. The van der Waals surface area contributed by atoms with Crippen LogP contribution in [0.1, 0.15) is 48.4 Å². The Labute approximate surface area is 197 Å². The van der Waals surface area contributed by atoms with E-state index in [4.69, 9.17) is 0 Å². The fourth-order valence-corrected chi connectivity index (χ4v) is 3.92. The first-order valence-corrected chi connectivity index (χ1v) is 11.2. The number of fused-ring (bicyclic) bond motifs is 1. The minimum absolute atomic E-state index is 0.142. The van der Waals surface area contributed by atoms with E-state index in [2.05, 4.69) is 32.0 Å². The number of nitriles is 1. The molecule has 0 radical (unpaired) electrons. The number of anilines is 1. The van der Waals surface area contributed by atoms with Crippen LogP contribution in [0.15, 0.2) is 35.1 Å². The Kier molecular flexibility index (Phi) is 6.30. The van der Waals surface area contributed by atoms with Crippen LogP contribution in [-0.2, 0) is 12.5 Å². The summed E-state index contributed by atoms with van der Waals surface area (Å²) in [6, 6.07) is 11.5. The second kappa shape index (κ2) is 9.19. The number of benzene rings is 1. The van der Waals surface area contributed by atoms with Crippen LogP contribution in [0.25, 0.3) is 10.9 Å². The normalized spacial score (nSPS) is 15.1. The van der Waals surface area contributed by atoms with Crippen LogP contribution in [0.5, 0.6) is 0 Å². The molecule has 2 aromatic heterocycles. The summed E-state index contributed by atoms with van der Waals surface area (Å²) in [5.41, 5.74) is 1.19. The molecule has 2 N–H and O–H groups in total. The highest BCUT2D eigenvalue weighted by Gasteiger charge is 2.23. The Balaban J connectivity index is 1.71. The average Bonchev–Trinajstić information content (AvgIpc) is 2.87. The van der Waals surface area contributed by atoms with Gasteiger partial charge in [0.15, 0.2) is 17.0 Å². The number of nitrogens with one attached hydrogen (secondary N) is 2. The first-order valence-electron chi connectivity index (χ1n) is 11.2. The first kappa shape index (κ1) is 23.3. The van der Waals surface area contributed by atoms with Gasteiger partial charge < -0.3 is 15.5 Å². The van der Waals surface area contributed by atoms with Crippen molar-refractivity contribution in [3.05, 3.63) is 57.5 Å².